The Morgan fingerprint density at radius 3 is 2.56 bits per heavy atom. The summed E-state index contributed by atoms with van der Waals surface area (Å²) in [7, 11) is 1.83. The third-order valence-corrected chi connectivity index (χ3v) is 3.38. The highest BCUT2D eigenvalue weighted by atomic mass is 16.2. The van der Waals surface area contributed by atoms with Crippen molar-refractivity contribution in [2.75, 3.05) is 18.9 Å². The minimum atomic E-state index is -0.122. The Hall–Kier alpha value is -1.58. The van der Waals surface area contributed by atoms with Crippen molar-refractivity contribution in [2.24, 2.45) is 0 Å². The summed E-state index contributed by atoms with van der Waals surface area (Å²) in [5.41, 5.74) is 1.30. The number of likely N-dealkylation sites (tertiary alicyclic amines) is 1. The number of carbonyl (C=O) groups excluding carboxylic acids is 1. The van der Waals surface area contributed by atoms with E-state index in [0.29, 0.717) is 0 Å². The summed E-state index contributed by atoms with van der Waals surface area (Å²) >= 11 is 0. The molecule has 1 unspecified atom stereocenters. The summed E-state index contributed by atoms with van der Waals surface area (Å²) in [6.07, 6.45) is 2.73. The Morgan fingerprint density at radius 2 is 2.11 bits per heavy atom. The van der Waals surface area contributed by atoms with Crippen LogP contribution in [-0.4, -0.2) is 35.4 Å². The zero-order valence-corrected chi connectivity index (χ0v) is 11.5. The first-order valence-corrected chi connectivity index (χ1v) is 6.36. The van der Waals surface area contributed by atoms with Gasteiger partial charge in [-0.2, -0.15) is 0 Å². The van der Waals surface area contributed by atoms with Gasteiger partial charge in [0.15, 0.2) is 0 Å². The van der Waals surface area contributed by atoms with Gasteiger partial charge >= 0.3 is 0 Å². The minimum Gasteiger partial charge on any atom is -0.358 e. The van der Waals surface area contributed by atoms with Crippen LogP contribution < -0.4 is 5.32 Å². The summed E-state index contributed by atoms with van der Waals surface area (Å²) in [5, 5.41) is 3.20. The van der Waals surface area contributed by atoms with Crippen molar-refractivity contribution in [1.29, 1.82) is 0 Å². The normalized spacial score (nSPS) is 20.3. The third kappa shape index (κ3) is 2.63. The van der Waals surface area contributed by atoms with Crippen molar-refractivity contribution in [3.63, 3.8) is 0 Å². The molecular formula is C14H21N3O. The quantitative estimate of drug-likeness (QED) is 0.869. The van der Waals surface area contributed by atoms with Crippen molar-refractivity contribution < 1.29 is 4.79 Å². The molecule has 1 N–H and O–H groups in total. The fourth-order valence-corrected chi connectivity index (χ4v) is 2.06. The van der Waals surface area contributed by atoms with Gasteiger partial charge in [0.1, 0.15) is 11.9 Å². The zero-order chi connectivity index (χ0) is 13.3. The van der Waals surface area contributed by atoms with E-state index >= 15 is 0 Å². The lowest BCUT2D eigenvalue weighted by atomic mass is 9.88. The summed E-state index contributed by atoms with van der Waals surface area (Å²) in [6.45, 7) is 7.29. The first-order chi connectivity index (χ1) is 8.38. The lowest BCUT2D eigenvalue weighted by Crippen LogP contribution is -2.31. The number of amides is 1. The fourth-order valence-electron chi connectivity index (χ4n) is 2.06. The highest BCUT2D eigenvalue weighted by Gasteiger charge is 2.29. The number of likely N-dealkylation sites (N-methyl/N-ethyl adjacent to an activating group) is 1. The summed E-state index contributed by atoms with van der Waals surface area (Å²) in [5.74, 6) is 0.924. The Kier molecular flexibility index (Phi) is 3.28. The molecule has 1 amide bonds. The molecule has 2 rings (SSSR count). The van der Waals surface area contributed by atoms with Gasteiger partial charge in [-0.3, -0.25) is 4.79 Å². The van der Waals surface area contributed by atoms with E-state index in [2.05, 4.69) is 37.1 Å². The number of aromatic nitrogens is 1. The number of hydrogen-bond donors (Lipinski definition) is 1. The molecule has 1 aliphatic rings. The second-order valence-corrected chi connectivity index (χ2v) is 5.93. The SMILES string of the molecule is CN1CCC(Nc2ccc(C(C)(C)C)cn2)C1=O. The molecule has 1 aromatic heterocycles. The summed E-state index contributed by atoms with van der Waals surface area (Å²) in [6, 6.07) is 3.90. The molecule has 0 aliphatic carbocycles. The van der Waals surface area contributed by atoms with Crippen LogP contribution in [0.5, 0.6) is 0 Å². The number of carbonyl (C=O) groups is 1. The largest absolute Gasteiger partial charge is 0.358 e. The molecule has 98 valence electrons. The fraction of sp³-hybridized carbons (Fsp3) is 0.571. The van der Waals surface area contributed by atoms with Crippen LogP contribution in [0.25, 0.3) is 0 Å². The molecule has 0 aromatic carbocycles. The molecule has 0 spiro atoms. The molecule has 2 heterocycles. The smallest absolute Gasteiger partial charge is 0.244 e. The molecule has 4 nitrogen and oxygen atoms in total. The average Bonchev–Trinajstić information content (AvgIpc) is 2.61. The molecule has 1 fully saturated rings. The van der Waals surface area contributed by atoms with Crippen molar-refractivity contribution in [2.45, 2.75) is 38.6 Å². The molecular weight excluding hydrogens is 226 g/mol. The molecule has 0 radical (unpaired) electrons. The number of nitrogens with one attached hydrogen (secondary N) is 1. The zero-order valence-electron chi connectivity index (χ0n) is 11.5. The predicted molar refractivity (Wildman–Crippen MR) is 72.6 cm³/mol. The van der Waals surface area contributed by atoms with Crippen LogP contribution in [0, 0.1) is 0 Å². The maximum Gasteiger partial charge on any atom is 0.244 e. The van der Waals surface area contributed by atoms with Crippen molar-refractivity contribution in [1.82, 2.24) is 9.88 Å². The maximum atomic E-state index is 11.8. The highest BCUT2D eigenvalue weighted by Crippen LogP contribution is 2.22. The molecule has 1 atom stereocenters. The van der Waals surface area contributed by atoms with Crippen LogP contribution in [0.3, 0.4) is 0 Å². The van der Waals surface area contributed by atoms with Gasteiger partial charge in [0.05, 0.1) is 0 Å². The predicted octanol–water partition coefficient (Wildman–Crippen LogP) is 2.02. The lowest BCUT2D eigenvalue weighted by Gasteiger charge is -2.19. The number of pyridine rings is 1. The van der Waals surface area contributed by atoms with Crippen molar-refractivity contribution >= 4 is 11.7 Å². The van der Waals surface area contributed by atoms with Gasteiger partial charge in [-0.05, 0) is 23.5 Å². The lowest BCUT2D eigenvalue weighted by molar-refractivity contribution is -0.127. The Morgan fingerprint density at radius 1 is 1.39 bits per heavy atom. The average molecular weight is 247 g/mol. The molecule has 4 heteroatoms. The highest BCUT2D eigenvalue weighted by molar-refractivity contribution is 5.86. The van der Waals surface area contributed by atoms with E-state index in [0.717, 1.165) is 18.8 Å². The van der Waals surface area contributed by atoms with E-state index in [4.69, 9.17) is 0 Å². The molecule has 0 bridgehead atoms. The van der Waals surface area contributed by atoms with Crippen LogP contribution in [0.15, 0.2) is 18.3 Å². The van der Waals surface area contributed by atoms with Crippen molar-refractivity contribution in [3.05, 3.63) is 23.9 Å². The van der Waals surface area contributed by atoms with Gasteiger partial charge in [-0.25, -0.2) is 4.98 Å². The monoisotopic (exact) mass is 247 g/mol. The van der Waals surface area contributed by atoms with E-state index in [1.165, 1.54) is 5.56 Å². The Labute approximate surface area is 108 Å². The van der Waals surface area contributed by atoms with Crippen LogP contribution in [0.2, 0.25) is 0 Å². The van der Waals surface area contributed by atoms with Gasteiger partial charge in [-0.15, -0.1) is 0 Å². The molecule has 0 saturated carbocycles. The van der Waals surface area contributed by atoms with Gasteiger partial charge in [0.2, 0.25) is 5.91 Å². The first kappa shape index (κ1) is 12.9. The van der Waals surface area contributed by atoms with Crippen LogP contribution in [0.4, 0.5) is 5.82 Å². The Bertz CT molecular complexity index is 433. The Balaban J connectivity index is 2.05. The molecule has 1 aromatic rings. The van der Waals surface area contributed by atoms with Crippen LogP contribution in [0.1, 0.15) is 32.8 Å². The molecule has 1 aliphatic heterocycles. The van der Waals surface area contributed by atoms with E-state index in [9.17, 15) is 4.79 Å². The van der Waals surface area contributed by atoms with Crippen LogP contribution in [-0.2, 0) is 10.2 Å². The summed E-state index contributed by atoms with van der Waals surface area (Å²) in [4.78, 5) is 17.9. The van der Waals surface area contributed by atoms with Gasteiger partial charge in [0.25, 0.3) is 0 Å². The minimum absolute atomic E-state index is 0.106. The van der Waals surface area contributed by atoms with E-state index in [-0.39, 0.29) is 17.4 Å². The topological polar surface area (TPSA) is 45.2 Å². The van der Waals surface area contributed by atoms with Gasteiger partial charge in [0, 0.05) is 19.8 Å². The number of rotatable bonds is 2. The number of anilines is 1. The van der Waals surface area contributed by atoms with Crippen molar-refractivity contribution in [3.8, 4) is 0 Å². The molecule has 18 heavy (non-hydrogen) atoms. The second-order valence-electron chi connectivity index (χ2n) is 5.93. The van der Waals surface area contributed by atoms with Gasteiger partial charge < -0.3 is 10.2 Å². The van der Waals surface area contributed by atoms with E-state index in [1.807, 2.05) is 19.3 Å². The number of hydrogen-bond acceptors (Lipinski definition) is 3. The standard InChI is InChI=1S/C14H21N3O/c1-14(2,3)10-5-6-12(15-9-10)16-11-7-8-17(4)13(11)18/h5-6,9,11H,7-8H2,1-4H3,(H,15,16). The van der Waals surface area contributed by atoms with Gasteiger partial charge in [-0.1, -0.05) is 26.8 Å². The first-order valence-electron chi connectivity index (χ1n) is 6.36. The molecule has 1 saturated heterocycles. The second kappa shape index (κ2) is 4.59. The van der Waals surface area contributed by atoms with E-state index in [1.54, 1.807) is 4.90 Å². The van der Waals surface area contributed by atoms with Crippen LogP contribution >= 0.6 is 0 Å². The maximum absolute atomic E-state index is 11.8. The third-order valence-electron chi connectivity index (χ3n) is 3.38. The van der Waals surface area contributed by atoms with E-state index < -0.39 is 0 Å². The summed E-state index contributed by atoms with van der Waals surface area (Å²) < 4.78 is 0. The number of nitrogens with zero attached hydrogens (tertiary/aromatic N) is 2.